The van der Waals surface area contributed by atoms with E-state index in [0.29, 0.717) is 0 Å². The topological polar surface area (TPSA) is 55.2 Å². The van der Waals surface area contributed by atoms with Crippen LogP contribution in [0.5, 0.6) is 0 Å². The van der Waals surface area contributed by atoms with Crippen molar-refractivity contribution < 1.29 is 9.59 Å². The van der Waals surface area contributed by atoms with E-state index in [1.165, 1.54) is 4.68 Å². The number of hydrogen-bond acceptors (Lipinski definition) is 3. The van der Waals surface area contributed by atoms with Gasteiger partial charge in [-0.1, -0.05) is 25.5 Å². The van der Waals surface area contributed by atoms with E-state index in [2.05, 4.69) is 12.0 Å². The van der Waals surface area contributed by atoms with Crippen LogP contribution in [0.4, 0.5) is 0 Å². The van der Waals surface area contributed by atoms with Crippen molar-refractivity contribution in [1.82, 2.24) is 14.7 Å². The number of fused-ring (bicyclic) bond motifs is 1. The molecule has 0 atom stereocenters. The number of aryl methyl sites for hydroxylation is 1. The highest BCUT2D eigenvalue weighted by Gasteiger charge is 2.15. The average Bonchev–Trinajstić information content (AvgIpc) is 2.95. The molecule has 0 radical (unpaired) electrons. The Bertz CT molecular complexity index is 676. The summed E-state index contributed by atoms with van der Waals surface area (Å²) in [6.45, 7) is 4.82. The van der Waals surface area contributed by atoms with Gasteiger partial charge in [-0.25, -0.2) is 4.68 Å². The maximum absolute atomic E-state index is 12.3. The summed E-state index contributed by atoms with van der Waals surface area (Å²) in [5.74, 6) is -0.132. The minimum Gasteiger partial charge on any atom is -0.346 e. The van der Waals surface area contributed by atoms with Gasteiger partial charge in [-0.2, -0.15) is 5.10 Å². The van der Waals surface area contributed by atoms with Gasteiger partial charge < -0.3 is 4.90 Å². The first-order chi connectivity index (χ1) is 10.5. The highest BCUT2D eigenvalue weighted by Crippen LogP contribution is 2.18. The zero-order chi connectivity index (χ0) is 16.1. The number of benzene rings is 1. The molecule has 0 saturated carbocycles. The zero-order valence-electron chi connectivity index (χ0n) is 13.5. The first-order valence-electron chi connectivity index (χ1n) is 7.75. The summed E-state index contributed by atoms with van der Waals surface area (Å²) in [6.07, 6.45) is 4.15. The third-order valence-electron chi connectivity index (χ3n) is 3.89. The van der Waals surface area contributed by atoms with E-state index >= 15 is 0 Å². The van der Waals surface area contributed by atoms with E-state index in [1.54, 1.807) is 18.1 Å². The number of amides is 1. The van der Waals surface area contributed by atoms with Gasteiger partial charge in [0.25, 0.3) is 0 Å². The van der Waals surface area contributed by atoms with Crippen LogP contribution in [0.2, 0.25) is 0 Å². The molecule has 0 spiro atoms. The molecule has 1 heterocycles. The lowest BCUT2D eigenvalue weighted by Gasteiger charge is -2.16. The lowest BCUT2D eigenvalue weighted by Crippen LogP contribution is -2.28. The van der Waals surface area contributed by atoms with Crippen LogP contribution in [0.3, 0.4) is 0 Å². The second kappa shape index (κ2) is 7.20. The van der Waals surface area contributed by atoms with Crippen LogP contribution in [-0.2, 0) is 4.79 Å². The molecular weight excluding hydrogens is 278 g/mol. The van der Waals surface area contributed by atoms with Gasteiger partial charge in [0.2, 0.25) is 11.8 Å². The number of unbranched alkanes of at least 4 members (excludes halogenated alkanes) is 1. The molecule has 0 aliphatic carbocycles. The molecule has 2 rings (SSSR count). The van der Waals surface area contributed by atoms with Gasteiger partial charge in [0.05, 0.1) is 11.7 Å². The molecule has 0 unspecified atom stereocenters. The fourth-order valence-corrected chi connectivity index (χ4v) is 2.42. The smallest absolute Gasteiger partial charge is 0.247 e. The minimum atomic E-state index is -0.141. The van der Waals surface area contributed by atoms with Gasteiger partial charge in [-0.3, -0.25) is 9.59 Å². The highest BCUT2D eigenvalue weighted by molar-refractivity contribution is 5.93. The Labute approximate surface area is 130 Å². The van der Waals surface area contributed by atoms with E-state index in [4.69, 9.17) is 0 Å². The first-order valence-corrected chi connectivity index (χ1v) is 7.75. The molecule has 1 aromatic carbocycles. The lowest BCUT2D eigenvalue weighted by atomic mass is 10.1. The Morgan fingerprint density at radius 2 is 2.05 bits per heavy atom. The Morgan fingerprint density at radius 1 is 1.27 bits per heavy atom. The first kappa shape index (κ1) is 16.2. The third kappa shape index (κ3) is 3.53. The molecule has 1 amide bonds. The van der Waals surface area contributed by atoms with Crippen LogP contribution in [0, 0.1) is 6.92 Å². The summed E-state index contributed by atoms with van der Waals surface area (Å²) in [5.41, 5.74) is 1.89. The Kier molecular flexibility index (Phi) is 5.31. The fraction of sp³-hybridized carbons (Fsp3) is 0.471. The quantitative estimate of drug-likeness (QED) is 0.824. The van der Waals surface area contributed by atoms with Crippen molar-refractivity contribution in [1.29, 1.82) is 0 Å². The van der Waals surface area contributed by atoms with E-state index in [0.717, 1.165) is 35.9 Å². The molecule has 5 heteroatoms. The molecule has 1 aromatic heterocycles. The Balaban J connectivity index is 2.00. The van der Waals surface area contributed by atoms with E-state index in [9.17, 15) is 9.59 Å². The zero-order valence-corrected chi connectivity index (χ0v) is 13.5. The molecule has 0 N–H and O–H groups in total. The molecule has 0 aliphatic heterocycles. The number of hydrogen-bond donors (Lipinski definition) is 0. The second-order valence-electron chi connectivity index (χ2n) is 5.63. The standard InChI is InChI=1S/C17H23N3O2/c1-4-5-11-19(3)16(21)9-10-17(22)20-15-8-6-7-13(2)14(15)12-18-20/h6-8,12H,4-5,9-11H2,1-3H3. The predicted octanol–water partition coefficient (Wildman–Crippen LogP) is 3.02. The fourth-order valence-electron chi connectivity index (χ4n) is 2.42. The van der Waals surface area contributed by atoms with Crippen molar-refractivity contribution in [2.24, 2.45) is 0 Å². The van der Waals surface area contributed by atoms with Gasteiger partial charge in [0.1, 0.15) is 0 Å². The number of rotatable bonds is 6. The molecule has 0 aliphatic rings. The van der Waals surface area contributed by atoms with Gasteiger partial charge in [-0.05, 0) is 25.0 Å². The maximum Gasteiger partial charge on any atom is 0.247 e. The molecule has 0 saturated heterocycles. The van der Waals surface area contributed by atoms with Crippen LogP contribution in [0.25, 0.3) is 10.9 Å². The second-order valence-corrected chi connectivity index (χ2v) is 5.63. The number of nitrogens with zero attached hydrogens (tertiary/aromatic N) is 3. The van der Waals surface area contributed by atoms with Gasteiger partial charge in [-0.15, -0.1) is 0 Å². The summed E-state index contributed by atoms with van der Waals surface area (Å²) < 4.78 is 1.40. The van der Waals surface area contributed by atoms with Crippen molar-refractivity contribution in [3.05, 3.63) is 30.0 Å². The molecule has 5 nitrogen and oxygen atoms in total. The van der Waals surface area contributed by atoms with Gasteiger partial charge in [0.15, 0.2) is 0 Å². The van der Waals surface area contributed by atoms with Crippen molar-refractivity contribution >= 4 is 22.7 Å². The van der Waals surface area contributed by atoms with E-state index in [-0.39, 0.29) is 24.7 Å². The van der Waals surface area contributed by atoms with Gasteiger partial charge >= 0.3 is 0 Å². The summed E-state index contributed by atoms with van der Waals surface area (Å²) in [5, 5.41) is 5.14. The van der Waals surface area contributed by atoms with Crippen molar-refractivity contribution in [3.63, 3.8) is 0 Å². The van der Waals surface area contributed by atoms with Crippen LogP contribution in [-0.4, -0.2) is 40.1 Å². The van der Waals surface area contributed by atoms with Gasteiger partial charge in [0, 0.05) is 31.8 Å². The van der Waals surface area contributed by atoms with Crippen LogP contribution >= 0.6 is 0 Å². The monoisotopic (exact) mass is 301 g/mol. The Hall–Kier alpha value is -2.17. The van der Waals surface area contributed by atoms with Crippen LogP contribution < -0.4 is 0 Å². The number of carbonyl (C=O) groups is 2. The summed E-state index contributed by atoms with van der Waals surface area (Å²) >= 11 is 0. The normalized spacial score (nSPS) is 10.9. The van der Waals surface area contributed by atoms with Crippen LogP contribution in [0.15, 0.2) is 24.4 Å². The predicted molar refractivity (Wildman–Crippen MR) is 86.9 cm³/mol. The minimum absolute atomic E-state index is 0.00874. The summed E-state index contributed by atoms with van der Waals surface area (Å²) in [4.78, 5) is 26.0. The molecule has 118 valence electrons. The van der Waals surface area contributed by atoms with Crippen molar-refractivity contribution in [2.45, 2.75) is 39.5 Å². The molecule has 0 fully saturated rings. The third-order valence-corrected chi connectivity index (χ3v) is 3.89. The lowest BCUT2D eigenvalue weighted by molar-refractivity contribution is -0.129. The molecule has 2 aromatic rings. The van der Waals surface area contributed by atoms with E-state index < -0.39 is 0 Å². The maximum atomic E-state index is 12.3. The molecule has 22 heavy (non-hydrogen) atoms. The van der Waals surface area contributed by atoms with Crippen molar-refractivity contribution in [3.8, 4) is 0 Å². The van der Waals surface area contributed by atoms with Crippen LogP contribution in [0.1, 0.15) is 43.0 Å². The summed E-state index contributed by atoms with van der Waals surface area (Å²) in [7, 11) is 1.79. The Morgan fingerprint density at radius 3 is 2.77 bits per heavy atom. The van der Waals surface area contributed by atoms with E-state index in [1.807, 2.05) is 25.1 Å². The SMILES string of the molecule is CCCCN(C)C(=O)CCC(=O)n1ncc2c(C)cccc21. The average molecular weight is 301 g/mol. The largest absolute Gasteiger partial charge is 0.346 e. The number of carbonyl (C=O) groups excluding carboxylic acids is 2. The summed E-state index contributed by atoms with van der Waals surface area (Å²) in [6, 6.07) is 5.78. The highest BCUT2D eigenvalue weighted by atomic mass is 16.2. The number of aromatic nitrogens is 2. The molecular formula is C17H23N3O2. The molecule has 0 bridgehead atoms. The van der Waals surface area contributed by atoms with Crippen molar-refractivity contribution in [2.75, 3.05) is 13.6 Å².